The molecule has 1 unspecified atom stereocenters. The lowest BCUT2D eigenvalue weighted by atomic mass is 10.0. The van der Waals surface area contributed by atoms with Crippen molar-refractivity contribution < 1.29 is 5.11 Å². The molecule has 0 radical (unpaired) electrons. The molecule has 0 saturated carbocycles. The van der Waals surface area contributed by atoms with Gasteiger partial charge in [0, 0.05) is 27.3 Å². The summed E-state index contributed by atoms with van der Waals surface area (Å²) < 4.78 is 1.90. The largest absolute Gasteiger partial charge is 0.388 e. The Morgan fingerprint density at radius 3 is 2.50 bits per heavy atom. The Morgan fingerprint density at radius 2 is 1.89 bits per heavy atom. The Morgan fingerprint density at radius 1 is 1.22 bits per heavy atom. The summed E-state index contributed by atoms with van der Waals surface area (Å²) in [6, 6.07) is 9.70. The summed E-state index contributed by atoms with van der Waals surface area (Å²) in [5.41, 5.74) is 2.91. The van der Waals surface area contributed by atoms with Crippen molar-refractivity contribution in [3.05, 3.63) is 62.3 Å². The third-order valence-electron chi connectivity index (χ3n) is 2.77. The van der Waals surface area contributed by atoms with Crippen LogP contribution in [0.25, 0.3) is 0 Å². The minimum atomic E-state index is -0.549. The van der Waals surface area contributed by atoms with Crippen molar-refractivity contribution in [2.75, 3.05) is 0 Å². The highest BCUT2D eigenvalue weighted by atomic mass is 79.9. The number of aryl methyl sites for hydroxylation is 1. The van der Waals surface area contributed by atoms with Crippen LogP contribution in [0.1, 0.15) is 22.9 Å². The minimum Gasteiger partial charge on any atom is -0.388 e. The summed E-state index contributed by atoms with van der Waals surface area (Å²) in [6.07, 6.45) is 1.73. The van der Waals surface area contributed by atoms with Crippen LogP contribution in [0, 0.1) is 6.92 Å². The predicted octanol–water partition coefficient (Wildman–Crippen LogP) is 4.19. The van der Waals surface area contributed by atoms with Crippen LogP contribution in [0.5, 0.6) is 0 Å². The summed E-state index contributed by atoms with van der Waals surface area (Å²) in [6.45, 7) is 2.01. The molecule has 0 saturated heterocycles. The van der Waals surface area contributed by atoms with Crippen molar-refractivity contribution in [2.45, 2.75) is 19.4 Å². The number of benzene rings is 1. The second-order valence-electron chi connectivity index (χ2n) is 4.19. The van der Waals surface area contributed by atoms with E-state index in [1.165, 1.54) is 0 Å². The maximum atomic E-state index is 10.3. The third-order valence-corrected chi connectivity index (χ3v) is 3.69. The zero-order chi connectivity index (χ0) is 13.1. The smallest absolute Gasteiger partial charge is 0.0846 e. The van der Waals surface area contributed by atoms with E-state index in [0.29, 0.717) is 6.42 Å². The van der Waals surface area contributed by atoms with Gasteiger partial charge in [-0.15, -0.1) is 0 Å². The van der Waals surface area contributed by atoms with Crippen LogP contribution in [0.4, 0.5) is 0 Å². The molecule has 0 amide bonds. The van der Waals surface area contributed by atoms with E-state index < -0.39 is 6.10 Å². The first-order chi connectivity index (χ1) is 8.56. The van der Waals surface area contributed by atoms with E-state index in [-0.39, 0.29) is 0 Å². The molecule has 0 fully saturated rings. The van der Waals surface area contributed by atoms with Gasteiger partial charge in [0.25, 0.3) is 0 Å². The fourth-order valence-corrected chi connectivity index (χ4v) is 3.13. The van der Waals surface area contributed by atoms with Crippen molar-refractivity contribution in [1.29, 1.82) is 0 Å². The first-order valence-electron chi connectivity index (χ1n) is 5.61. The van der Waals surface area contributed by atoms with E-state index in [0.717, 1.165) is 25.8 Å². The van der Waals surface area contributed by atoms with Crippen molar-refractivity contribution in [1.82, 2.24) is 4.98 Å². The molecule has 0 aliphatic rings. The molecule has 0 aliphatic heterocycles. The minimum absolute atomic E-state index is 0.523. The molecule has 0 aliphatic carbocycles. The molecule has 2 nitrogen and oxygen atoms in total. The van der Waals surface area contributed by atoms with Gasteiger partial charge in [-0.2, -0.15) is 0 Å². The number of hydrogen-bond donors (Lipinski definition) is 1. The molecule has 1 N–H and O–H groups in total. The Kier molecular flexibility index (Phi) is 4.54. The van der Waals surface area contributed by atoms with Crippen LogP contribution in [-0.4, -0.2) is 10.1 Å². The number of rotatable bonds is 3. The lowest BCUT2D eigenvalue weighted by Crippen LogP contribution is -2.05. The van der Waals surface area contributed by atoms with E-state index in [9.17, 15) is 5.11 Å². The van der Waals surface area contributed by atoms with Crippen molar-refractivity contribution in [3.8, 4) is 0 Å². The first-order valence-corrected chi connectivity index (χ1v) is 7.19. The van der Waals surface area contributed by atoms with Crippen molar-refractivity contribution in [3.63, 3.8) is 0 Å². The zero-order valence-electron chi connectivity index (χ0n) is 9.90. The lowest BCUT2D eigenvalue weighted by Gasteiger charge is -2.13. The standard InChI is InChI=1S/C14H13Br2NO/c1-9-3-2-4-17-13(9)8-14(18)10-5-11(15)7-12(16)6-10/h2-7,14,18H,8H2,1H3. The van der Waals surface area contributed by atoms with Crippen molar-refractivity contribution >= 4 is 31.9 Å². The maximum absolute atomic E-state index is 10.3. The Bertz CT molecular complexity index is 537. The fraction of sp³-hybridized carbons (Fsp3) is 0.214. The van der Waals surface area contributed by atoms with E-state index in [4.69, 9.17) is 0 Å². The van der Waals surface area contributed by atoms with Gasteiger partial charge in [0.15, 0.2) is 0 Å². The molecule has 1 atom stereocenters. The number of nitrogens with zero attached hydrogens (tertiary/aromatic N) is 1. The Hall–Kier alpha value is -0.710. The van der Waals surface area contributed by atoms with Gasteiger partial charge in [0.2, 0.25) is 0 Å². The number of pyridine rings is 1. The number of aromatic nitrogens is 1. The summed E-state index contributed by atoms with van der Waals surface area (Å²) in [5.74, 6) is 0. The van der Waals surface area contributed by atoms with Crippen LogP contribution in [0.3, 0.4) is 0 Å². The van der Waals surface area contributed by atoms with Gasteiger partial charge in [-0.05, 0) is 42.3 Å². The van der Waals surface area contributed by atoms with Gasteiger partial charge in [-0.25, -0.2) is 0 Å². The quantitative estimate of drug-likeness (QED) is 0.878. The second-order valence-corrected chi connectivity index (χ2v) is 6.02. The number of aliphatic hydroxyl groups is 1. The molecular weight excluding hydrogens is 358 g/mol. The average molecular weight is 371 g/mol. The Balaban J connectivity index is 2.22. The molecule has 4 heteroatoms. The predicted molar refractivity (Wildman–Crippen MR) is 79.5 cm³/mol. The third kappa shape index (κ3) is 3.40. The number of hydrogen-bond acceptors (Lipinski definition) is 2. The molecule has 1 aromatic heterocycles. The SMILES string of the molecule is Cc1cccnc1CC(O)c1cc(Br)cc(Br)c1. The first kappa shape index (κ1) is 13.7. The van der Waals surface area contributed by atoms with Gasteiger partial charge < -0.3 is 5.11 Å². The molecule has 18 heavy (non-hydrogen) atoms. The van der Waals surface area contributed by atoms with Gasteiger partial charge in [0.1, 0.15) is 0 Å². The normalized spacial score (nSPS) is 12.4. The van der Waals surface area contributed by atoms with Crippen molar-refractivity contribution in [2.24, 2.45) is 0 Å². The van der Waals surface area contributed by atoms with Crippen LogP contribution < -0.4 is 0 Å². The van der Waals surface area contributed by atoms with Crippen LogP contribution in [0.15, 0.2) is 45.5 Å². The summed E-state index contributed by atoms with van der Waals surface area (Å²) >= 11 is 6.85. The Labute approximate surface area is 123 Å². The molecule has 2 aromatic rings. The maximum Gasteiger partial charge on any atom is 0.0846 e. The fourth-order valence-electron chi connectivity index (χ4n) is 1.80. The van der Waals surface area contributed by atoms with E-state index >= 15 is 0 Å². The summed E-state index contributed by atoms with van der Waals surface area (Å²) in [5, 5.41) is 10.3. The summed E-state index contributed by atoms with van der Waals surface area (Å²) in [7, 11) is 0. The van der Waals surface area contributed by atoms with Gasteiger partial charge in [-0.3, -0.25) is 4.98 Å². The van der Waals surface area contributed by atoms with E-state index in [1.54, 1.807) is 6.20 Å². The molecule has 2 rings (SSSR count). The highest BCUT2D eigenvalue weighted by molar-refractivity contribution is 9.11. The van der Waals surface area contributed by atoms with Crippen LogP contribution >= 0.6 is 31.9 Å². The van der Waals surface area contributed by atoms with Crippen LogP contribution in [-0.2, 0) is 6.42 Å². The van der Waals surface area contributed by atoms with E-state index in [2.05, 4.69) is 36.8 Å². The second kappa shape index (κ2) is 5.95. The monoisotopic (exact) mass is 369 g/mol. The van der Waals surface area contributed by atoms with Crippen LogP contribution in [0.2, 0.25) is 0 Å². The lowest BCUT2D eigenvalue weighted by molar-refractivity contribution is 0.177. The summed E-state index contributed by atoms with van der Waals surface area (Å²) in [4.78, 5) is 4.31. The average Bonchev–Trinajstić information content (AvgIpc) is 2.31. The zero-order valence-corrected chi connectivity index (χ0v) is 13.1. The highest BCUT2D eigenvalue weighted by Gasteiger charge is 2.12. The van der Waals surface area contributed by atoms with Gasteiger partial charge in [0.05, 0.1) is 6.10 Å². The molecule has 1 aromatic carbocycles. The van der Waals surface area contributed by atoms with Gasteiger partial charge in [-0.1, -0.05) is 37.9 Å². The highest BCUT2D eigenvalue weighted by Crippen LogP contribution is 2.26. The topological polar surface area (TPSA) is 33.1 Å². The molecule has 94 valence electrons. The van der Waals surface area contributed by atoms with Gasteiger partial charge >= 0.3 is 0 Å². The molecule has 0 spiro atoms. The number of halogens is 2. The number of aliphatic hydroxyl groups excluding tert-OH is 1. The molecule has 1 heterocycles. The molecular formula is C14H13Br2NO. The van der Waals surface area contributed by atoms with E-state index in [1.807, 2.05) is 37.3 Å². The molecule has 0 bridgehead atoms.